The Morgan fingerprint density at radius 2 is 2.00 bits per heavy atom. The second-order valence-corrected chi connectivity index (χ2v) is 8.15. The van der Waals surface area contributed by atoms with E-state index in [9.17, 15) is 14.7 Å². The van der Waals surface area contributed by atoms with Crippen LogP contribution in [0.3, 0.4) is 0 Å². The van der Waals surface area contributed by atoms with Crippen molar-refractivity contribution in [3.8, 4) is 0 Å². The third-order valence-corrected chi connectivity index (χ3v) is 6.93. The Bertz CT molecular complexity index is 676. The fraction of sp³-hybridized carbons (Fsp3) is 0.600. The Morgan fingerprint density at radius 1 is 1.24 bits per heavy atom. The Morgan fingerprint density at radius 3 is 2.72 bits per heavy atom. The summed E-state index contributed by atoms with van der Waals surface area (Å²) in [4.78, 5) is 24.2. The molecule has 2 N–H and O–H groups in total. The minimum atomic E-state index is -0.649. The molecule has 4 fully saturated rings. The number of carboxylic acids is 1. The molecule has 0 radical (unpaired) electrons. The molecule has 0 aliphatic heterocycles. The quantitative estimate of drug-likeness (QED) is 0.878. The van der Waals surface area contributed by atoms with Crippen LogP contribution in [0.25, 0.3) is 0 Å². The van der Waals surface area contributed by atoms with Crippen molar-refractivity contribution in [2.75, 3.05) is 0 Å². The summed E-state index contributed by atoms with van der Waals surface area (Å²) in [6.07, 6.45) is 3.15. The lowest BCUT2D eigenvalue weighted by Gasteiger charge is -2.61. The first kappa shape index (κ1) is 16.4. The van der Waals surface area contributed by atoms with Crippen LogP contribution in [0.1, 0.15) is 38.2 Å². The Hall–Kier alpha value is -2.04. The van der Waals surface area contributed by atoms with E-state index >= 15 is 0 Å². The number of aliphatic carboxylic acids is 1. The van der Waals surface area contributed by atoms with Crippen LogP contribution in [0.2, 0.25) is 0 Å². The Kier molecular flexibility index (Phi) is 3.97. The maximum absolute atomic E-state index is 12.3. The molecule has 134 valence electrons. The van der Waals surface area contributed by atoms with Gasteiger partial charge in [0.25, 0.3) is 0 Å². The fourth-order valence-corrected chi connectivity index (χ4v) is 5.79. The summed E-state index contributed by atoms with van der Waals surface area (Å²) in [5.41, 5.74) is 0.378. The number of hydrogen-bond donors (Lipinski definition) is 2. The van der Waals surface area contributed by atoms with Crippen molar-refractivity contribution in [1.29, 1.82) is 0 Å². The number of carboxylic acid groups (broad SMARTS) is 1. The van der Waals surface area contributed by atoms with Gasteiger partial charge in [-0.05, 0) is 54.9 Å². The van der Waals surface area contributed by atoms with Crippen LogP contribution < -0.4 is 5.32 Å². The van der Waals surface area contributed by atoms with E-state index in [1.807, 2.05) is 30.3 Å². The second kappa shape index (κ2) is 6.04. The van der Waals surface area contributed by atoms with Crippen molar-refractivity contribution in [2.24, 2.45) is 29.1 Å². The topological polar surface area (TPSA) is 75.6 Å². The molecular formula is C20H25NO4. The zero-order chi connectivity index (χ0) is 17.6. The summed E-state index contributed by atoms with van der Waals surface area (Å²) in [7, 11) is 0. The van der Waals surface area contributed by atoms with Crippen molar-refractivity contribution in [2.45, 2.75) is 45.3 Å². The van der Waals surface area contributed by atoms with Crippen LogP contribution in [-0.2, 0) is 16.1 Å². The van der Waals surface area contributed by atoms with Gasteiger partial charge in [0.05, 0.1) is 5.41 Å². The van der Waals surface area contributed by atoms with Crippen molar-refractivity contribution in [3.63, 3.8) is 0 Å². The Balaban J connectivity index is 1.42. The number of carbonyl (C=O) groups is 2. The molecule has 5 rings (SSSR count). The minimum absolute atomic E-state index is 0.0438. The number of rotatable bonds is 4. The van der Waals surface area contributed by atoms with E-state index in [2.05, 4.69) is 12.2 Å². The van der Waals surface area contributed by atoms with Crippen molar-refractivity contribution < 1.29 is 19.4 Å². The van der Waals surface area contributed by atoms with Gasteiger partial charge in [-0.1, -0.05) is 37.3 Å². The molecule has 0 heterocycles. The highest BCUT2D eigenvalue weighted by Crippen LogP contribution is 2.62. The lowest BCUT2D eigenvalue weighted by Crippen LogP contribution is -2.64. The van der Waals surface area contributed by atoms with Gasteiger partial charge in [0.15, 0.2) is 0 Å². The zero-order valence-corrected chi connectivity index (χ0v) is 14.5. The van der Waals surface area contributed by atoms with Gasteiger partial charge in [0, 0.05) is 6.04 Å². The van der Waals surface area contributed by atoms with E-state index in [0.29, 0.717) is 12.3 Å². The highest BCUT2D eigenvalue weighted by molar-refractivity contribution is 5.76. The van der Waals surface area contributed by atoms with E-state index in [0.717, 1.165) is 24.8 Å². The van der Waals surface area contributed by atoms with E-state index < -0.39 is 17.5 Å². The summed E-state index contributed by atoms with van der Waals surface area (Å²) >= 11 is 0. The maximum atomic E-state index is 12.3. The average Bonchev–Trinajstić information content (AvgIpc) is 2.60. The Labute approximate surface area is 147 Å². The van der Waals surface area contributed by atoms with Gasteiger partial charge in [-0.15, -0.1) is 0 Å². The molecule has 4 aliphatic carbocycles. The monoisotopic (exact) mass is 343 g/mol. The van der Waals surface area contributed by atoms with Crippen molar-refractivity contribution in [1.82, 2.24) is 5.32 Å². The maximum Gasteiger partial charge on any atom is 0.407 e. The number of hydrogen-bond acceptors (Lipinski definition) is 3. The van der Waals surface area contributed by atoms with Gasteiger partial charge in [-0.2, -0.15) is 0 Å². The van der Waals surface area contributed by atoms with E-state index in [4.69, 9.17) is 4.74 Å². The standard InChI is InChI=1S/C20H25NO4/c1-12-16-8-14-7-15(10-20(12,9-14)18(22)23)17(16)21-19(24)25-11-13-5-3-2-4-6-13/h2-6,12,14-17H,7-11H2,1H3,(H,21,24)(H,22,23). The fourth-order valence-electron chi connectivity index (χ4n) is 5.79. The summed E-state index contributed by atoms with van der Waals surface area (Å²) in [6, 6.07) is 9.66. The van der Waals surface area contributed by atoms with E-state index in [1.54, 1.807) is 0 Å². The average molecular weight is 343 g/mol. The highest BCUT2D eigenvalue weighted by Gasteiger charge is 2.62. The lowest BCUT2D eigenvalue weighted by molar-refractivity contribution is -0.179. The lowest BCUT2D eigenvalue weighted by atomic mass is 9.44. The second-order valence-electron chi connectivity index (χ2n) is 8.15. The summed E-state index contributed by atoms with van der Waals surface area (Å²) in [5, 5.41) is 12.9. The SMILES string of the molecule is CC1C2CC3CC(CC1(C(=O)O)C3)C2NC(=O)OCc1ccccc1. The summed E-state index contributed by atoms with van der Waals surface area (Å²) < 4.78 is 5.38. The number of ether oxygens (including phenoxy) is 1. The molecule has 4 saturated carbocycles. The van der Waals surface area contributed by atoms with Crippen LogP contribution in [0.5, 0.6) is 0 Å². The molecule has 0 spiro atoms. The molecule has 0 saturated heterocycles. The molecule has 4 bridgehead atoms. The molecule has 6 atom stereocenters. The molecule has 25 heavy (non-hydrogen) atoms. The molecule has 1 amide bonds. The van der Waals surface area contributed by atoms with Crippen LogP contribution in [0.4, 0.5) is 4.79 Å². The van der Waals surface area contributed by atoms with Gasteiger partial charge in [-0.25, -0.2) is 4.79 Å². The molecule has 4 aliphatic rings. The van der Waals surface area contributed by atoms with E-state index in [-0.39, 0.29) is 30.4 Å². The van der Waals surface area contributed by atoms with Crippen LogP contribution >= 0.6 is 0 Å². The number of benzene rings is 1. The molecule has 5 heteroatoms. The predicted molar refractivity (Wildman–Crippen MR) is 91.7 cm³/mol. The normalized spacial score (nSPS) is 38.4. The van der Waals surface area contributed by atoms with Crippen molar-refractivity contribution >= 4 is 12.1 Å². The number of amides is 1. The van der Waals surface area contributed by atoms with Gasteiger partial charge >= 0.3 is 12.1 Å². The zero-order valence-electron chi connectivity index (χ0n) is 14.5. The molecule has 1 aromatic rings. The third kappa shape index (κ3) is 2.70. The van der Waals surface area contributed by atoms with Crippen molar-refractivity contribution in [3.05, 3.63) is 35.9 Å². The van der Waals surface area contributed by atoms with Gasteiger partial charge in [-0.3, -0.25) is 4.79 Å². The van der Waals surface area contributed by atoms with Crippen LogP contribution in [0, 0.1) is 29.1 Å². The first-order valence-electron chi connectivity index (χ1n) is 9.20. The number of carbonyl (C=O) groups excluding carboxylic acids is 1. The van der Waals surface area contributed by atoms with Crippen LogP contribution in [-0.4, -0.2) is 23.2 Å². The smallest absolute Gasteiger partial charge is 0.407 e. The number of alkyl carbamates (subject to hydrolysis) is 1. The third-order valence-electron chi connectivity index (χ3n) is 6.93. The molecular weight excluding hydrogens is 318 g/mol. The molecule has 1 aromatic carbocycles. The highest BCUT2D eigenvalue weighted by atomic mass is 16.5. The molecule has 5 nitrogen and oxygen atoms in total. The minimum Gasteiger partial charge on any atom is -0.481 e. The summed E-state index contributed by atoms with van der Waals surface area (Å²) in [6.45, 7) is 2.31. The van der Waals surface area contributed by atoms with Gasteiger partial charge in [0.1, 0.15) is 6.61 Å². The molecule has 0 aromatic heterocycles. The van der Waals surface area contributed by atoms with Crippen LogP contribution in [0.15, 0.2) is 30.3 Å². The van der Waals surface area contributed by atoms with E-state index in [1.165, 1.54) is 0 Å². The van der Waals surface area contributed by atoms with Gasteiger partial charge < -0.3 is 15.2 Å². The number of nitrogens with one attached hydrogen (secondary N) is 1. The van der Waals surface area contributed by atoms with Gasteiger partial charge in [0.2, 0.25) is 0 Å². The first-order valence-corrected chi connectivity index (χ1v) is 9.20. The first-order chi connectivity index (χ1) is 12.0. The summed E-state index contributed by atoms with van der Waals surface area (Å²) in [5.74, 6) is 0.442. The predicted octanol–water partition coefficient (Wildman–Crippen LogP) is 3.44. The molecule has 6 unspecified atom stereocenters. The largest absolute Gasteiger partial charge is 0.481 e.